The lowest BCUT2D eigenvalue weighted by molar-refractivity contribution is 0.0881. The minimum Gasteiger partial charge on any atom is -0.495 e. The minimum absolute atomic E-state index is 0.156. The number of methoxy groups -OCH3 is 2. The van der Waals surface area contributed by atoms with Crippen molar-refractivity contribution in [3.8, 4) is 11.5 Å². The fourth-order valence-corrected chi connectivity index (χ4v) is 2.13. The maximum atomic E-state index is 13.6. The summed E-state index contributed by atoms with van der Waals surface area (Å²) in [7, 11) is 2.81. The van der Waals surface area contributed by atoms with Crippen LogP contribution in [0.15, 0.2) is 12.4 Å². The van der Waals surface area contributed by atoms with E-state index in [9.17, 15) is 8.78 Å². The van der Waals surface area contributed by atoms with Gasteiger partial charge in [0.2, 0.25) is 0 Å². The highest BCUT2D eigenvalue weighted by Crippen LogP contribution is 2.64. The van der Waals surface area contributed by atoms with Crippen LogP contribution in [0, 0.1) is 0 Å². The van der Waals surface area contributed by atoms with E-state index in [1.807, 2.05) is 0 Å². The Balaban J connectivity index is 2.58. The molecule has 0 aromatic carbocycles. The summed E-state index contributed by atoms with van der Waals surface area (Å²) in [4.78, 5) is 3.87. The first kappa shape index (κ1) is 12.0. The van der Waals surface area contributed by atoms with Gasteiger partial charge >= 0.3 is 0 Å². The Labute approximate surface area is 97.7 Å². The molecule has 1 aliphatic carbocycles. The summed E-state index contributed by atoms with van der Waals surface area (Å²) in [5, 5.41) is 0. The van der Waals surface area contributed by atoms with Crippen molar-refractivity contribution in [2.45, 2.75) is 17.8 Å². The Morgan fingerprint density at radius 2 is 1.76 bits per heavy atom. The van der Waals surface area contributed by atoms with Crippen LogP contribution in [0.1, 0.15) is 12.0 Å². The van der Waals surface area contributed by atoms with Gasteiger partial charge in [-0.1, -0.05) is 0 Å². The van der Waals surface area contributed by atoms with Crippen LogP contribution in [0.25, 0.3) is 0 Å². The maximum Gasteiger partial charge on any atom is 0.260 e. The maximum absolute atomic E-state index is 13.6. The van der Waals surface area contributed by atoms with Crippen molar-refractivity contribution >= 4 is 0 Å². The number of rotatable bonds is 4. The number of alkyl halides is 2. The molecule has 0 bridgehead atoms. The van der Waals surface area contributed by atoms with E-state index in [4.69, 9.17) is 15.2 Å². The van der Waals surface area contributed by atoms with Crippen molar-refractivity contribution in [2.24, 2.45) is 5.73 Å². The van der Waals surface area contributed by atoms with Crippen LogP contribution in [-0.2, 0) is 5.41 Å². The molecule has 17 heavy (non-hydrogen) atoms. The molecule has 1 fully saturated rings. The second-order valence-electron chi connectivity index (χ2n) is 4.09. The van der Waals surface area contributed by atoms with E-state index in [2.05, 4.69) is 4.98 Å². The summed E-state index contributed by atoms with van der Waals surface area (Å²) in [5.41, 5.74) is 4.44. The fraction of sp³-hybridized carbons (Fsp3) is 0.545. The Morgan fingerprint density at radius 1 is 1.29 bits per heavy atom. The first-order chi connectivity index (χ1) is 8.02. The molecular weight excluding hydrogens is 230 g/mol. The molecule has 1 heterocycles. The third-order valence-corrected chi connectivity index (χ3v) is 3.24. The van der Waals surface area contributed by atoms with E-state index in [0.29, 0.717) is 5.56 Å². The van der Waals surface area contributed by atoms with E-state index in [1.165, 1.54) is 26.6 Å². The van der Waals surface area contributed by atoms with Crippen molar-refractivity contribution < 1.29 is 18.3 Å². The van der Waals surface area contributed by atoms with Crippen molar-refractivity contribution in [1.82, 2.24) is 4.98 Å². The molecule has 4 nitrogen and oxygen atoms in total. The van der Waals surface area contributed by atoms with Crippen molar-refractivity contribution in [3.05, 3.63) is 18.0 Å². The molecule has 94 valence electrons. The smallest absolute Gasteiger partial charge is 0.260 e. The predicted octanol–water partition coefficient (Wildman–Crippen LogP) is 1.33. The molecule has 1 unspecified atom stereocenters. The van der Waals surface area contributed by atoms with Gasteiger partial charge in [0.05, 0.1) is 37.6 Å². The van der Waals surface area contributed by atoms with Gasteiger partial charge in [-0.2, -0.15) is 0 Å². The Hall–Kier alpha value is -1.43. The summed E-state index contributed by atoms with van der Waals surface area (Å²) in [6, 6.07) is 0. The summed E-state index contributed by atoms with van der Waals surface area (Å²) in [5.74, 6) is -2.25. The molecule has 0 saturated heterocycles. The molecular formula is C11H14F2N2O2. The lowest BCUT2D eigenvalue weighted by atomic mass is 9.94. The number of ether oxygens (including phenoxy) is 2. The first-order valence-electron chi connectivity index (χ1n) is 5.17. The number of nitrogens with two attached hydrogens (primary N) is 1. The van der Waals surface area contributed by atoms with Crippen LogP contribution >= 0.6 is 0 Å². The molecule has 1 aromatic rings. The number of halogens is 2. The van der Waals surface area contributed by atoms with Gasteiger partial charge in [0.25, 0.3) is 5.92 Å². The molecule has 1 aromatic heterocycles. The SMILES string of the molecule is COc1cncc(OC)c1C1(CN)CC1(F)F. The average Bonchev–Trinajstić information content (AvgIpc) is 2.91. The van der Waals surface area contributed by atoms with E-state index >= 15 is 0 Å². The Kier molecular flexibility index (Phi) is 2.69. The number of hydrogen-bond acceptors (Lipinski definition) is 4. The lowest BCUT2D eigenvalue weighted by Gasteiger charge is -2.20. The molecule has 1 atom stereocenters. The van der Waals surface area contributed by atoms with Gasteiger partial charge in [0.15, 0.2) is 0 Å². The van der Waals surface area contributed by atoms with Gasteiger partial charge in [-0.3, -0.25) is 4.98 Å². The van der Waals surface area contributed by atoms with Crippen LogP contribution in [0.3, 0.4) is 0 Å². The van der Waals surface area contributed by atoms with E-state index in [1.54, 1.807) is 0 Å². The van der Waals surface area contributed by atoms with E-state index in [0.717, 1.165) is 0 Å². The second-order valence-corrected chi connectivity index (χ2v) is 4.09. The molecule has 1 aliphatic rings. The molecule has 2 rings (SSSR count). The molecule has 0 spiro atoms. The van der Waals surface area contributed by atoms with Crippen LogP contribution < -0.4 is 15.2 Å². The zero-order valence-corrected chi connectivity index (χ0v) is 9.67. The van der Waals surface area contributed by atoms with Gasteiger partial charge in [-0.25, -0.2) is 8.78 Å². The summed E-state index contributed by atoms with van der Waals surface area (Å²) in [6.07, 6.45) is 2.50. The Morgan fingerprint density at radius 3 is 2.06 bits per heavy atom. The highest BCUT2D eigenvalue weighted by atomic mass is 19.3. The number of pyridine rings is 1. The summed E-state index contributed by atoms with van der Waals surface area (Å²) in [6.45, 7) is -0.156. The largest absolute Gasteiger partial charge is 0.495 e. The van der Waals surface area contributed by atoms with Crippen LogP contribution in [-0.4, -0.2) is 31.7 Å². The van der Waals surface area contributed by atoms with Crippen molar-refractivity contribution in [3.63, 3.8) is 0 Å². The summed E-state index contributed by atoms with van der Waals surface area (Å²) < 4.78 is 37.3. The normalized spacial score (nSPS) is 25.5. The lowest BCUT2D eigenvalue weighted by Crippen LogP contribution is -2.28. The number of aromatic nitrogens is 1. The number of hydrogen-bond donors (Lipinski definition) is 1. The van der Waals surface area contributed by atoms with Crippen LogP contribution in [0.4, 0.5) is 8.78 Å². The van der Waals surface area contributed by atoms with Gasteiger partial charge in [-0.15, -0.1) is 0 Å². The minimum atomic E-state index is -2.82. The highest BCUT2D eigenvalue weighted by Gasteiger charge is 2.73. The summed E-state index contributed by atoms with van der Waals surface area (Å²) >= 11 is 0. The monoisotopic (exact) mass is 244 g/mol. The quantitative estimate of drug-likeness (QED) is 0.868. The van der Waals surface area contributed by atoms with E-state index < -0.39 is 11.3 Å². The third kappa shape index (κ3) is 1.55. The standard InChI is InChI=1S/C11H14F2N2O2/c1-16-7-3-15-4-8(17-2)9(7)10(6-14)5-11(10,12)13/h3-4H,5-6,14H2,1-2H3. The average molecular weight is 244 g/mol. The Bertz CT molecular complexity index is 417. The highest BCUT2D eigenvalue weighted by molar-refractivity contribution is 5.54. The van der Waals surface area contributed by atoms with Crippen molar-refractivity contribution in [1.29, 1.82) is 0 Å². The molecule has 1 saturated carbocycles. The van der Waals surface area contributed by atoms with Gasteiger partial charge in [-0.05, 0) is 0 Å². The zero-order valence-electron chi connectivity index (χ0n) is 9.67. The van der Waals surface area contributed by atoms with Gasteiger partial charge < -0.3 is 15.2 Å². The topological polar surface area (TPSA) is 57.4 Å². The first-order valence-corrected chi connectivity index (χ1v) is 5.17. The van der Waals surface area contributed by atoms with Crippen molar-refractivity contribution in [2.75, 3.05) is 20.8 Å². The third-order valence-electron chi connectivity index (χ3n) is 3.24. The zero-order chi connectivity index (χ0) is 12.7. The molecule has 0 aliphatic heterocycles. The molecule has 2 N–H and O–H groups in total. The van der Waals surface area contributed by atoms with Crippen LogP contribution in [0.2, 0.25) is 0 Å². The predicted molar refractivity (Wildman–Crippen MR) is 57.6 cm³/mol. The molecule has 6 heteroatoms. The molecule has 0 radical (unpaired) electrons. The van der Waals surface area contributed by atoms with Gasteiger partial charge in [0, 0.05) is 13.0 Å². The fourth-order valence-electron chi connectivity index (χ4n) is 2.13. The van der Waals surface area contributed by atoms with Gasteiger partial charge in [0.1, 0.15) is 11.5 Å². The van der Waals surface area contributed by atoms with E-state index in [-0.39, 0.29) is 24.5 Å². The molecule has 0 amide bonds. The van der Waals surface area contributed by atoms with Crippen LogP contribution in [0.5, 0.6) is 11.5 Å². The second kappa shape index (κ2) is 3.80. The number of nitrogens with zero attached hydrogens (tertiary/aromatic N) is 1.